The van der Waals surface area contributed by atoms with Gasteiger partial charge < -0.3 is 11.1 Å². The Balaban J connectivity index is 2.61. The predicted molar refractivity (Wildman–Crippen MR) is 72.6 cm³/mol. The van der Waals surface area contributed by atoms with Crippen molar-refractivity contribution in [2.45, 2.75) is 18.7 Å². The summed E-state index contributed by atoms with van der Waals surface area (Å²) in [5.41, 5.74) is 6.06. The minimum Gasteiger partial charge on any atom is -0.383 e. The third-order valence-electron chi connectivity index (χ3n) is 2.85. The van der Waals surface area contributed by atoms with Crippen molar-refractivity contribution in [3.8, 4) is 0 Å². The normalized spacial score (nSPS) is 16.6. The minimum absolute atomic E-state index is 0.134. The topological polar surface area (TPSA) is 89.3 Å². The number of hydrogen-bond acceptors (Lipinski definition) is 4. The van der Waals surface area contributed by atoms with Gasteiger partial charge in [0.25, 0.3) is 5.91 Å². The lowest BCUT2D eigenvalue weighted by molar-refractivity contribution is -0.113. The van der Waals surface area contributed by atoms with Crippen LogP contribution in [-0.2, 0) is 14.6 Å². The van der Waals surface area contributed by atoms with Gasteiger partial charge in [-0.25, -0.2) is 8.42 Å². The Hall–Kier alpha value is -1.82. The Morgan fingerprint density at radius 2 is 1.95 bits per heavy atom. The molecule has 6 heteroatoms. The summed E-state index contributed by atoms with van der Waals surface area (Å²) in [6.45, 7) is 4.55. The number of amides is 1. The Kier molecular flexibility index (Phi) is 3.36. The first kappa shape index (κ1) is 13.6. The summed E-state index contributed by atoms with van der Waals surface area (Å²) in [4.78, 5) is 11.3. The van der Waals surface area contributed by atoms with Crippen LogP contribution in [0.4, 0.5) is 0 Å². The molecule has 3 N–H and O–H groups in total. The third kappa shape index (κ3) is 2.23. The van der Waals surface area contributed by atoms with E-state index < -0.39 is 15.7 Å². The van der Waals surface area contributed by atoms with Gasteiger partial charge in [-0.05, 0) is 12.0 Å². The van der Waals surface area contributed by atoms with Gasteiger partial charge in [0.15, 0.2) is 4.91 Å². The fraction of sp³-hybridized carbons (Fsp3) is 0.308. The summed E-state index contributed by atoms with van der Waals surface area (Å²) in [5.74, 6) is -0.612. The zero-order valence-electron chi connectivity index (χ0n) is 10.8. The van der Waals surface area contributed by atoms with Crippen LogP contribution in [0.15, 0.2) is 34.1 Å². The van der Waals surface area contributed by atoms with Crippen LogP contribution >= 0.6 is 0 Å². The van der Waals surface area contributed by atoms with Crippen LogP contribution in [0, 0.1) is 5.92 Å². The lowest BCUT2D eigenvalue weighted by Crippen LogP contribution is -2.24. The second-order valence-corrected chi connectivity index (χ2v) is 6.70. The molecular weight excluding hydrogens is 264 g/mol. The van der Waals surface area contributed by atoms with E-state index in [-0.39, 0.29) is 9.80 Å². The van der Waals surface area contributed by atoms with Crippen molar-refractivity contribution < 1.29 is 13.2 Å². The molecule has 1 aliphatic rings. The van der Waals surface area contributed by atoms with Crippen LogP contribution < -0.4 is 11.1 Å². The van der Waals surface area contributed by atoms with Crippen LogP contribution in [0.25, 0.3) is 5.70 Å². The van der Waals surface area contributed by atoms with E-state index in [4.69, 9.17) is 5.73 Å². The van der Waals surface area contributed by atoms with E-state index in [0.717, 1.165) is 0 Å². The highest BCUT2D eigenvalue weighted by molar-refractivity contribution is 7.97. The minimum atomic E-state index is -3.80. The summed E-state index contributed by atoms with van der Waals surface area (Å²) in [7, 11) is -3.80. The summed E-state index contributed by atoms with van der Waals surface area (Å²) < 4.78 is 24.6. The van der Waals surface area contributed by atoms with Crippen LogP contribution in [0.1, 0.15) is 19.4 Å². The van der Waals surface area contributed by atoms with Crippen LogP contribution in [0.3, 0.4) is 0 Å². The van der Waals surface area contributed by atoms with Crippen molar-refractivity contribution in [1.82, 2.24) is 5.32 Å². The summed E-state index contributed by atoms with van der Waals surface area (Å²) >= 11 is 0. The lowest BCUT2D eigenvalue weighted by atomic mass is 10.1. The first-order valence-corrected chi connectivity index (χ1v) is 7.46. The molecule has 5 nitrogen and oxygen atoms in total. The third-order valence-corrected chi connectivity index (χ3v) is 4.73. The van der Waals surface area contributed by atoms with Crippen molar-refractivity contribution in [2.75, 3.05) is 6.54 Å². The molecule has 0 saturated heterocycles. The van der Waals surface area contributed by atoms with E-state index in [1.807, 2.05) is 13.8 Å². The van der Waals surface area contributed by atoms with Crippen molar-refractivity contribution in [3.63, 3.8) is 0 Å². The van der Waals surface area contributed by atoms with E-state index in [2.05, 4.69) is 5.32 Å². The molecule has 0 bridgehead atoms. The number of fused-ring (bicyclic) bond motifs is 1. The van der Waals surface area contributed by atoms with E-state index in [0.29, 0.717) is 23.7 Å². The zero-order chi connectivity index (χ0) is 14.2. The molecule has 2 rings (SSSR count). The molecule has 0 fully saturated rings. The Morgan fingerprint density at radius 3 is 2.53 bits per heavy atom. The molecule has 1 aromatic carbocycles. The van der Waals surface area contributed by atoms with E-state index in [9.17, 15) is 13.2 Å². The van der Waals surface area contributed by atoms with Crippen molar-refractivity contribution in [2.24, 2.45) is 11.7 Å². The average molecular weight is 280 g/mol. The molecule has 102 valence electrons. The monoisotopic (exact) mass is 280 g/mol. The van der Waals surface area contributed by atoms with E-state index >= 15 is 0 Å². The molecule has 0 aliphatic carbocycles. The predicted octanol–water partition coefficient (Wildman–Crippen LogP) is 0.873. The molecule has 1 heterocycles. The molecule has 1 amide bonds. The van der Waals surface area contributed by atoms with Crippen LogP contribution in [0.5, 0.6) is 0 Å². The van der Waals surface area contributed by atoms with Crippen molar-refractivity contribution >= 4 is 21.4 Å². The van der Waals surface area contributed by atoms with Gasteiger partial charge in [-0.3, -0.25) is 4.79 Å². The molecule has 1 aliphatic heterocycles. The standard InChI is InChI=1S/C13H16N2O3S/c1-8(2)7-15-11-9-5-3-4-6-10(9)19(17,18)12(11)13(14)16/h3-6,8,15H,7H2,1-2H3,(H2,14,16). The van der Waals surface area contributed by atoms with E-state index in [1.54, 1.807) is 18.2 Å². The quantitative estimate of drug-likeness (QED) is 0.856. The molecule has 19 heavy (non-hydrogen) atoms. The van der Waals surface area contributed by atoms with E-state index in [1.165, 1.54) is 6.07 Å². The van der Waals surface area contributed by atoms with Crippen molar-refractivity contribution in [3.05, 3.63) is 34.7 Å². The maximum atomic E-state index is 12.3. The highest BCUT2D eigenvalue weighted by atomic mass is 32.2. The molecule has 0 saturated carbocycles. The number of nitrogens with one attached hydrogen (secondary N) is 1. The first-order valence-electron chi connectivity index (χ1n) is 5.98. The summed E-state index contributed by atoms with van der Waals surface area (Å²) in [6, 6.07) is 6.51. The average Bonchev–Trinajstić information content (AvgIpc) is 2.55. The molecule has 1 aromatic rings. The van der Waals surface area contributed by atoms with Gasteiger partial charge in [-0.1, -0.05) is 32.0 Å². The molecule has 0 aromatic heterocycles. The highest BCUT2D eigenvalue weighted by Crippen LogP contribution is 2.37. The number of primary amides is 1. The number of hydrogen-bond donors (Lipinski definition) is 2. The molecule has 0 unspecified atom stereocenters. The van der Waals surface area contributed by atoms with Gasteiger partial charge in [0, 0.05) is 12.1 Å². The molecule has 0 radical (unpaired) electrons. The summed E-state index contributed by atoms with van der Waals surface area (Å²) in [6.07, 6.45) is 0. The maximum Gasteiger partial charge on any atom is 0.262 e. The molecular formula is C13H16N2O3S. The van der Waals surface area contributed by atoms with Gasteiger partial charge in [0.2, 0.25) is 9.84 Å². The zero-order valence-corrected chi connectivity index (χ0v) is 11.6. The van der Waals surface area contributed by atoms with Gasteiger partial charge in [0.05, 0.1) is 10.6 Å². The van der Waals surface area contributed by atoms with Gasteiger partial charge in [-0.2, -0.15) is 0 Å². The smallest absolute Gasteiger partial charge is 0.262 e. The fourth-order valence-corrected chi connectivity index (χ4v) is 3.66. The first-order chi connectivity index (χ1) is 8.85. The Morgan fingerprint density at radius 1 is 1.32 bits per heavy atom. The number of carbonyl (C=O) groups excluding carboxylic acids is 1. The number of nitrogens with two attached hydrogens (primary N) is 1. The van der Waals surface area contributed by atoms with Gasteiger partial charge in [-0.15, -0.1) is 0 Å². The van der Waals surface area contributed by atoms with Crippen molar-refractivity contribution in [1.29, 1.82) is 0 Å². The second-order valence-electron chi connectivity index (χ2n) is 4.84. The summed E-state index contributed by atoms with van der Waals surface area (Å²) in [5, 5.41) is 3.02. The fourth-order valence-electron chi connectivity index (χ4n) is 2.01. The Labute approximate surface area is 112 Å². The van der Waals surface area contributed by atoms with Crippen LogP contribution in [-0.4, -0.2) is 20.9 Å². The number of rotatable bonds is 4. The number of carbonyl (C=O) groups is 1. The maximum absolute atomic E-state index is 12.3. The number of benzene rings is 1. The molecule has 0 atom stereocenters. The highest BCUT2D eigenvalue weighted by Gasteiger charge is 2.38. The Bertz CT molecular complexity index is 660. The van der Waals surface area contributed by atoms with Gasteiger partial charge >= 0.3 is 0 Å². The van der Waals surface area contributed by atoms with Gasteiger partial charge in [0.1, 0.15) is 0 Å². The largest absolute Gasteiger partial charge is 0.383 e. The SMILES string of the molecule is CC(C)CNC1=C(C(N)=O)S(=O)(=O)c2ccccc21. The van der Waals surface area contributed by atoms with Crippen LogP contribution in [0.2, 0.25) is 0 Å². The number of sulfone groups is 1. The molecule has 0 spiro atoms. The lowest BCUT2D eigenvalue weighted by Gasteiger charge is -2.11. The second kappa shape index (κ2) is 4.70.